The van der Waals surface area contributed by atoms with Crippen molar-refractivity contribution in [2.75, 3.05) is 18.8 Å². The van der Waals surface area contributed by atoms with Gasteiger partial charge in [0.1, 0.15) is 29.0 Å². The minimum absolute atomic E-state index is 0.0531. The average molecular weight is 644 g/mol. The first-order valence-electron chi connectivity index (χ1n) is 14.9. The molecule has 0 radical (unpaired) electrons. The zero-order valence-corrected chi connectivity index (χ0v) is 25.0. The van der Waals surface area contributed by atoms with Crippen LogP contribution in [0.15, 0.2) is 89.5 Å². The quantitative estimate of drug-likeness (QED) is 0.128. The number of benzene rings is 3. The van der Waals surface area contributed by atoms with E-state index >= 15 is 4.39 Å². The monoisotopic (exact) mass is 643 g/mol. The van der Waals surface area contributed by atoms with Crippen LogP contribution in [-0.2, 0) is 11.2 Å². The zero-order valence-electron chi connectivity index (χ0n) is 25.0. The normalized spacial score (nSPS) is 14.5. The van der Waals surface area contributed by atoms with Crippen LogP contribution in [0.25, 0.3) is 28.2 Å². The predicted octanol–water partition coefficient (Wildman–Crippen LogP) is 8.23. The van der Waals surface area contributed by atoms with E-state index < -0.39 is 36.3 Å². The number of hydrogen-bond donors (Lipinski definition) is 1. The van der Waals surface area contributed by atoms with Gasteiger partial charge in [-0.25, -0.2) is 22.5 Å². The van der Waals surface area contributed by atoms with E-state index in [9.17, 15) is 22.8 Å². The highest BCUT2D eigenvalue weighted by atomic mass is 19.3. The number of amides is 1. The lowest BCUT2D eigenvalue weighted by Gasteiger charge is -2.31. The molecule has 2 N–H and O–H groups in total. The van der Waals surface area contributed by atoms with Crippen LogP contribution in [0.5, 0.6) is 11.5 Å². The summed E-state index contributed by atoms with van der Waals surface area (Å²) in [7, 11) is 0. The molecule has 0 saturated carbocycles. The van der Waals surface area contributed by atoms with E-state index in [1.54, 1.807) is 42.6 Å². The van der Waals surface area contributed by atoms with E-state index in [2.05, 4.69) is 4.98 Å². The Balaban J connectivity index is 1.26. The number of hydrogen-bond acceptors (Lipinski definition) is 6. The fourth-order valence-corrected chi connectivity index (χ4v) is 5.29. The van der Waals surface area contributed by atoms with Crippen molar-refractivity contribution in [1.29, 1.82) is 0 Å². The SMILES string of the molecule is Nc1ccc(/C=C/C(=O)CCc2cc3cc(-c4ccc(C(=O)N5CCC(F)(F)CC5)cc4F)cc(Oc4ccc(F)cc4)c3o2)cn1. The van der Waals surface area contributed by atoms with Crippen LogP contribution in [0, 0.1) is 11.6 Å². The van der Waals surface area contributed by atoms with Crippen molar-refractivity contribution >= 4 is 34.6 Å². The lowest BCUT2D eigenvalue weighted by Crippen LogP contribution is -2.42. The summed E-state index contributed by atoms with van der Waals surface area (Å²) in [6.07, 6.45) is 4.21. The molecule has 1 amide bonds. The summed E-state index contributed by atoms with van der Waals surface area (Å²) in [5, 5.41) is 0.569. The number of aryl methyl sites for hydroxylation is 1. The lowest BCUT2D eigenvalue weighted by atomic mass is 10.00. The van der Waals surface area contributed by atoms with Gasteiger partial charge in [0.25, 0.3) is 11.8 Å². The van der Waals surface area contributed by atoms with Crippen LogP contribution in [0.1, 0.15) is 40.9 Å². The Bertz CT molecular complexity index is 1960. The number of pyridine rings is 1. The third kappa shape index (κ3) is 7.51. The highest BCUT2D eigenvalue weighted by Gasteiger charge is 2.36. The molecule has 1 aliphatic rings. The molecule has 47 heavy (non-hydrogen) atoms. The van der Waals surface area contributed by atoms with Crippen LogP contribution >= 0.6 is 0 Å². The van der Waals surface area contributed by atoms with Gasteiger partial charge >= 0.3 is 0 Å². The standard InChI is InChI=1S/C36H29F4N3O4/c37-26-4-8-28(9-5-26)46-32-20-24(30-11-3-23(19-31(30)38)35(45)43-15-13-36(39,40)14-16-43)17-25-18-29(47-34(25)32)10-7-27(44)6-1-22-2-12-33(41)42-21-22/h1-6,8-9,11-12,17-21H,7,10,13-16H2,(H2,41,42)/b6-1+. The van der Waals surface area contributed by atoms with Gasteiger partial charge in [-0.15, -0.1) is 0 Å². The fourth-order valence-electron chi connectivity index (χ4n) is 5.29. The molecule has 0 bridgehead atoms. The summed E-state index contributed by atoms with van der Waals surface area (Å²) >= 11 is 0. The largest absolute Gasteiger partial charge is 0.457 e. The minimum atomic E-state index is -2.81. The van der Waals surface area contributed by atoms with Gasteiger partial charge in [0.05, 0.1) is 0 Å². The molecule has 0 spiro atoms. The number of rotatable bonds is 9. The van der Waals surface area contributed by atoms with Crippen molar-refractivity contribution in [3.63, 3.8) is 0 Å². The molecule has 1 saturated heterocycles. The van der Waals surface area contributed by atoms with Crippen molar-refractivity contribution < 1.29 is 36.3 Å². The van der Waals surface area contributed by atoms with Crippen molar-refractivity contribution in [3.8, 4) is 22.6 Å². The Morgan fingerprint density at radius 1 is 0.979 bits per heavy atom. The number of carbonyl (C=O) groups excluding carboxylic acids is 2. The molecular weight excluding hydrogens is 614 g/mol. The highest BCUT2D eigenvalue weighted by Crippen LogP contribution is 2.38. The van der Waals surface area contributed by atoms with E-state index in [0.29, 0.717) is 33.9 Å². The summed E-state index contributed by atoms with van der Waals surface area (Å²) in [5.41, 5.74) is 7.30. The molecular formula is C36H29F4N3O4. The number of nitrogens with two attached hydrogens (primary N) is 1. The molecule has 2 aromatic heterocycles. The number of carbonyl (C=O) groups is 2. The molecule has 0 atom stereocenters. The Labute approximate surface area is 267 Å². The zero-order chi connectivity index (χ0) is 33.1. The van der Waals surface area contributed by atoms with Gasteiger partial charge in [-0.3, -0.25) is 9.59 Å². The van der Waals surface area contributed by atoms with Gasteiger partial charge in [0, 0.05) is 61.5 Å². The molecule has 0 aliphatic carbocycles. The number of aromatic nitrogens is 1. The second kappa shape index (κ2) is 13.1. The Morgan fingerprint density at radius 2 is 1.74 bits per heavy atom. The van der Waals surface area contributed by atoms with Crippen molar-refractivity contribution in [1.82, 2.24) is 9.88 Å². The Hall–Kier alpha value is -5.45. The number of nitrogens with zero attached hydrogens (tertiary/aromatic N) is 2. The summed E-state index contributed by atoms with van der Waals surface area (Å²) in [5.74, 6) is -3.19. The van der Waals surface area contributed by atoms with Gasteiger partial charge in [0.2, 0.25) is 0 Å². The fraction of sp³-hybridized carbons (Fsp3) is 0.194. The number of ether oxygens (including phenoxy) is 1. The van der Waals surface area contributed by atoms with E-state index in [-0.39, 0.29) is 48.6 Å². The molecule has 7 nitrogen and oxygen atoms in total. The number of fused-ring (bicyclic) bond motifs is 1. The third-order valence-corrected chi connectivity index (χ3v) is 7.87. The number of nitrogen functional groups attached to an aromatic ring is 1. The van der Waals surface area contributed by atoms with E-state index in [0.717, 1.165) is 11.6 Å². The maximum absolute atomic E-state index is 15.6. The predicted molar refractivity (Wildman–Crippen MR) is 169 cm³/mol. The van der Waals surface area contributed by atoms with E-state index in [4.69, 9.17) is 14.9 Å². The second-order valence-corrected chi connectivity index (χ2v) is 11.3. The first kappa shape index (κ1) is 31.5. The van der Waals surface area contributed by atoms with Crippen molar-refractivity contribution in [2.45, 2.75) is 31.6 Å². The van der Waals surface area contributed by atoms with Gasteiger partial charge in [-0.1, -0.05) is 6.07 Å². The Kier molecular flexibility index (Phi) is 8.80. The first-order chi connectivity index (χ1) is 22.5. The van der Waals surface area contributed by atoms with Crippen LogP contribution in [0.2, 0.25) is 0 Å². The van der Waals surface area contributed by atoms with Gasteiger partial charge in [-0.05, 0) is 90.0 Å². The lowest BCUT2D eigenvalue weighted by molar-refractivity contribution is -0.114. The molecule has 3 heterocycles. The van der Waals surface area contributed by atoms with Crippen LogP contribution in [0.4, 0.5) is 23.4 Å². The average Bonchev–Trinajstić information content (AvgIpc) is 3.47. The topological polar surface area (TPSA) is 98.7 Å². The Morgan fingerprint density at radius 3 is 2.45 bits per heavy atom. The molecule has 240 valence electrons. The molecule has 3 aromatic carbocycles. The van der Waals surface area contributed by atoms with Gasteiger partial charge in [-0.2, -0.15) is 0 Å². The minimum Gasteiger partial charge on any atom is -0.457 e. The van der Waals surface area contributed by atoms with Crippen LogP contribution < -0.4 is 10.5 Å². The molecule has 11 heteroatoms. The van der Waals surface area contributed by atoms with Gasteiger partial charge < -0.3 is 19.8 Å². The number of halogens is 4. The molecule has 6 rings (SSSR count). The summed E-state index contributed by atoms with van der Waals surface area (Å²) in [4.78, 5) is 30.8. The molecule has 0 unspecified atom stereocenters. The number of furan rings is 1. The number of piperidine rings is 1. The maximum atomic E-state index is 15.6. The summed E-state index contributed by atoms with van der Waals surface area (Å²) in [6.45, 7) is -0.221. The van der Waals surface area contributed by atoms with Crippen molar-refractivity contribution in [2.24, 2.45) is 0 Å². The first-order valence-corrected chi connectivity index (χ1v) is 14.9. The molecule has 1 aliphatic heterocycles. The smallest absolute Gasteiger partial charge is 0.253 e. The van der Waals surface area contributed by atoms with Gasteiger partial charge in [0.15, 0.2) is 17.1 Å². The number of allylic oxidation sites excluding steroid dienone is 1. The number of alkyl halides is 2. The van der Waals surface area contributed by atoms with E-state index in [1.807, 2.05) is 0 Å². The molecule has 5 aromatic rings. The number of ketones is 1. The summed E-state index contributed by atoms with van der Waals surface area (Å²) in [6, 6.07) is 17.7. The van der Waals surface area contributed by atoms with Crippen LogP contribution in [-0.4, -0.2) is 40.6 Å². The van der Waals surface area contributed by atoms with Crippen molar-refractivity contribution in [3.05, 3.63) is 114 Å². The molecule has 1 fully saturated rings. The second-order valence-electron chi connectivity index (χ2n) is 11.3. The number of likely N-dealkylation sites (tertiary alicyclic amines) is 1. The number of anilines is 1. The highest BCUT2D eigenvalue weighted by molar-refractivity contribution is 5.96. The third-order valence-electron chi connectivity index (χ3n) is 7.87. The van der Waals surface area contributed by atoms with Crippen LogP contribution in [0.3, 0.4) is 0 Å². The summed E-state index contributed by atoms with van der Waals surface area (Å²) < 4.78 is 68.4. The van der Waals surface area contributed by atoms with E-state index in [1.165, 1.54) is 47.4 Å². The maximum Gasteiger partial charge on any atom is 0.253 e.